The van der Waals surface area contributed by atoms with Crippen LogP contribution in [0.2, 0.25) is 0 Å². The van der Waals surface area contributed by atoms with Crippen molar-refractivity contribution in [3.63, 3.8) is 0 Å². The van der Waals surface area contributed by atoms with Crippen LogP contribution in [-0.4, -0.2) is 64.8 Å². The van der Waals surface area contributed by atoms with Gasteiger partial charge in [-0.3, -0.25) is 4.90 Å². The fourth-order valence-electron chi connectivity index (χ4n) is 3.72. The molecule has 0 aliphatic carbocycles. The summed E-state index contributed by atoms with van der Waals surface area (Å²) >= 11 is 0. The Balaban J connectivity index is 1.73. The van der Waals surface area contributed by atoms with Crippen LogP contribution in [0.1, 0.15) is 39.2 Å². The lowest BCUT2D eigenvalue weighted by molar-refractivity contribution is -0.154. The van der Waals surface area contributed by atoms with Gasteiger partial charge < -0.3 is 19.3 Å². The number of aliphatic hydroxyl groups is 1. The SMILES string of the molecule is CC(C)(C)OC(=O)N1C2COCC1CC(O)(c1ccc(OCC(F)(F)F)nc1)C2. The Labute approximate surface area is 166 Å². The van der Waals surface area contributed by atoms with E-state index >= 15 is 0 Å². The Morgan fingerprint density at radius 1 is 1.28 bits per heavy atom. The molecule has 7 nitrogen and oxygen atoms in total. The third-order valence-electron chi connectivity index (χ3n) is 4.82. The Hall–Kier alpha value is -2.07. The standard InChI is InChI=1S/C19H25F3N2O5/c1-17(2,3)29-16(25)24-13-6-18(26,7-14(24)10-27-9-13)12-4-5-15(23-8-12)28-11-19(20,21)22/h4-5,8,13-14,26H,6-7,9-11H2,1-3H3. The number of nitrogens with zero attached hydrogens (tertiary/aromatic N) is 2. The molecule has 2 fully saturated rings. The molecule has 0 radical (unpaired) electrons. The predicted molar refractivity (Wildman–Crippen MR) is 95.4 cm³/mol. The van der Waals surface area contributed by atoms with Gasteiger partial charge in [0.15, 0.2) is 6.61 Å². The monoisotopic (exact) mass is 418 g/mol. The molecule has 162 valence electrons. The topological polar surface area (TPSA) is 81.1 Å². The van der Waals surface area contributed by atoms with Crippen LogP contribution in [0.5, 0.6) is 5.88 Å². The fourth-order valence-corrected chi connectivity index (χ4v) is 3.72. The number of hydrogen-bond acceptors (Lipinski definition) is 6. The second kappa shape index (κ2) is 7.64. The number of aromatic nitrogens is 1. The number of hydrogen-bond donors (Lipinski definition) is 1. The predicted octanol–water partition coefficient (Wildman–Crippen LogP) is 3.01. The highest BCUT2D eigenvalue weighted by atomic mass is 19.4. The lowest BCUT2D eigenvalue weighted by atomic mass is 9.77. The van der Waals surface area contributed by atoms with Crippen LogP contribution < -0.4 is 4.74 Å². The summed E-state index contributed by atoms with van der Waals surface area (Å²) in [6.45, 7) is 4.44. The number of rotatable bonds is 3. The van der Waals surface area contributed by atoms with Gasteiger partial charge in [0.25, 0.3) is 0 Å². The average Bonchev–Trinajstić information content (AvgIpc) is 2.57. The molecule has 0 saturated carbocycles. The number of halogens is 3. The largest absolute Gasteiger partial charge is 0.468 e. The Bertz CT molecular complexity index is 719. The number of morpholine rings is 1. The van der Waals surface area contributed by atoms with Crippen molar-refractivity contribution in [2.24, 2.45) is 0 Å². The van der Waals surface area contributed by atoms with E-state index in [0.717, 1.165) is 0 Å². The molecule has 1 aromatic heterocycles. The van der Waals surface area contributed by atoms with Crippen molar-refractivity contribution < 1.29 is 37.3 Å². The molecule has 2 saturated heterocycles. The van der Waals surface area contributed by atoms with Gasteiger partial charge in [0.1, 0.15) is 5.60 Å². The molecule has 10 heteroatoms. The lowest BCUT2D eigenvalue weighted by Gasteiger charge is -2.51. The van der Waals surface area contributed by atoms with Crippen LogP contribution in [0.3, 0.4) is 0 Å². The Morgan fingerprint density at radius 2 is 1.90 bits per heavy atom. The summed E-state index contributed by atoms with van der Waals surface area (Å²) in [5.74, 6) is -0.176. The number of fused-ring (bicyclic) bond motifs is 2. The van der Waals surface area contributed by atoms with Gasteiger partial charge in [-0.05, 0) is 26.8 Å². The van der Waals surface area contributed by atoms with Crippen molar-refractivity contribution in [1.29, 1.82) is 0 Å². The van der Waals surface area contributed by atoms with Gasteiger partial charge >= 0.3 is 12.3 Å². The minimum atomic E-state index is -4.45. The molecular weight excluding hydrogens is 393 g/mol. The van der Waals surface area contributed by atoms with Crippen LogP contribution in [0, 0.1) is 0 Å². The summed E-state index contributed by atoms with van der Waals surface area (Å²) in [6.07, 6.45) is -3.19. The second-order valence-corrected chi connectivity index (χ2v) is 8.46. The zero-order valence-electron chi connectivity index (χ0n) is 16.5. The van der Waals surface area contributed by atoms with E-state index in [1.807, 2.05) is 0 Å². The maximum Gasteiger partial charge on any atom is 0.422 e. The molecule has 0 aromatic carbocycles. The first-order chi connectivity index (χ1) is 13.4. The van der Waals surface area contributed by atoms with Gasteiger partial charge in [0.05, 0.1) is 30.9 Å². The maximum atomic E-state index is 12.6. The van der Waals surface area contributed by atoms with E-state index in [1.54, 1.807) is 25.7 Å². The minimum absolute atomic E-state index is 0.176. The van der Waals surface area contributed by atoms with Crippen molar-refractivity contribution in [3.05, 3.63) is 23.9 Å². The fraction of sp³-hybridized carbons (Fsp3) is 0.684. The molecule has 2 bridgehead atoms. The normalized spacial score (nSPS) is 27.5. The summed E-state index contributed by atoms with van der Waals surface area (Å²) < 4.78 is 52.4. The number of ether oxygens (including phenoxy) is 3. The number of pyridine rings is 1. The number of piperidine rings is 1. The van der Waals surface area contributed by atoms with E-state index in [0.29, 0.717) is 5.56 Å². The number of carbonyl (C=O) groups is 1. The Kier molecular flexibility index (Phi) is 5.70. The molecule has 2 aliphatic rings. The molecule has 2 aliphatic heterocycles. The first-order valence-electron chi connectivity index (χ1n) is 9.34. The minimum Gasteiger partial charge on any atom is -0.468 e. The number of carbonyl (C=O) groups excluding carboxylic acids is 1. The van der Waals surface area contributed by atoms with E-state index in [9.17, 15) is 23.1 Å². The molecule has 3 rings (SSSR count). The number of amides is 1. The van der Waals surface area contributed by atoms with E-state index in [4.69, 9.17) is 9.47 Å². The first kappa shape index (κ1) is 21.6. The van der Waals surface area contributed by atoms with E-state index < -0.39 is 30.1 Å². The number of alkyl halides is 3. The van der Waals surface area contributed by atoms with Gasteiger partial charge in [0.2, 0.25) is 5.88 Å². The van der Waals surface area contributed by atoms with Crippen molar-refractivity contribution >= 4 is 6.09 Å². The molecular formula is C19H25F3N2O5. The highest BCUT2D eigenvalue weighted by Crippen LogP contribution is 2.41. The van der Waals surface area contributed by atoms with Crippen LogP contribution in [0.15, 0.2) is 18.3 Å². The highest BCUT2D eigenvalue weighted by Gasteiger charge is 2.50. The molecule has 3 heterocycles. The van der Waals surface area contributed by atoms with Gasteiger partial charge in [0, 0.05) is 30.7 Å². The van der Waals surface area contributed by atoms with Gasteiger partial charge in [-0.2, -0.15) is 13.2 Å². The first-order valence-corrected chi connectivity index (χ1v) is 9.34. The summed E-state index contributed by atoms with van der Waals surface area (Å²) in [5.41, 5.74) is -1.47. The molecule has 2 atom stereocenters. The van der Waals surface area contributed by atoms with Gasteiger partial charge in [-0.25, -0.2) is 9.78 Å². The van der Waals surface area contributed by atoms with Crippen LogP contribution >= 0.6 is 0 Å². The van der Waals surface area contributed by atoms with Gasteiger partial charge in [-0.1, -0.05) is 0 Å². The molecule has 2 unspecified atom stereocenters. The Morgan fingerprint density at radius 3 is 2.38 bits per heavy atom. The van der Waals surface area contributed by atoms with E-state index in [2.05, 4.69) is 9.72 Å². The van der Waals surface area contributed by atoms with E-state index in [1.165, 1.54) is 18.3 Å². The van der Waals surface area contributed by atoms with Crippen molar-refractivity contribution in [1.82, 2.24) is 9.88 Å². The third-order valence-corrected chi connectivity index (χ3v) is 4.82. The van der Waals surface area contributed by atoms with Crippen molar-refractivity contribution in [2.45, 2.75) is 63.1 Å². The summed E-state index contributed by atoms with van der Waals surface area (Å²) in [6, 6.07) is 2.02. The van der Waals surface area contributed by atoms with Crippen molar-refractivity contribution in [2.75, 3.05) is 19.8 Å². The van der Waals surface area contributed by atoms with Crippen LogP contribution in [-0.2, 0) is 15.1 Å². The second-order valence-electron chi connectivity index (χ2n) is 8.46. The smallest absolute Gasteiger partial charge is 0.422 e. The highest BCUT2D eigenvalue weighted by molar-refractivity contribution is 5.69. The summed E-state index contributed by atoms with van der Waals surface area (Å²) in [4.78, 5) is 18.1. The van der Waals surface area contributed by atoms with E-state index in [-0.39, 0.29) is 44.0 Å². The van der Waals surface area contributed by atoms with Gasteiger partial charge in [-0.15, -0.1) is 0 Å². The average molecular weight is 418 g/mol. The van der Waals surface area contributed by atoms with Crippen molar-refractivity contribution in [3.8, 4) is 5.88 Å². The molecule has 0 spiro atoms. The zero-order chi connectivity index (χ0) is 21.4. The lowest BCUT2D eigenvalue weighted by Crippen LogP contribution is -2.63. The summed E-state index contributed by atoms with van der Waals surface area (Å²) in [5, 5.41) is 11.2. The summed E-state index contributed by atoms with van der Waals surface area (Å²) in [7, 11) is 0. The van der Waals surface area contributed by atoms with Crippen LogP contribution in [0.4, 0.5) is 18.0 Å². The molecule has 29 heavy (non-hydrogen) atoms. The zero-order valence-corrected chi connectivity index (χ0v) is 16.5. The third kappa shape index (κ3) is 5.30. The maximum absolute atomic E-state index is 12.6. The quantitative estimate of drug-likeness (QED) is 0.813. The molecule has 1 aromatic rings. The molecule has 1 N–H and O–H groups in total. The molecule has 1 amide bonds. The van der Waals surface area contributed by atoms with Crippen LogP contribution in [0.25, 0.3) is 0 Å².